The highest BCUT2D eigenvalue weighted by molar-refractivity contribution is 4.88. The number of fused-ring (bicyclic) bond motifs is 2. The summed E-state index contributed by atoms with van der Waals surface area (Å²) in [6.07, 6.45) is 6.21. The van der Waals surface area contributed by atoms with Crippen molar-refractivity contribution in [1.29, 1.82) is 0 Å². The van der Waals surface area contributed by atoms with Gasteiger partial charge in [-0.05, 0) is 25.8 Å². The van der Waals surface area contributed by atoms with Gasteiger partial charge in [0.2, 0.25) is 0 Å². The molecule has 2 aliphatic rings. The lowest BCUT2D eigenvalue weighted by atomic mass is 10.1. The quantitative estimate of drug-likeness (QED) is 0.745. The number of hydrogen-bond donors (Lipinski definition) is 1. The summed E-state index contributed by atoms with van der Waals surface area (Å²) in [4.78, 5) is 2.66. The van der Waals surface area contributed by atoms with Crippen LogP contribution < -0.4 is 5.32 Å². The SMILES string of the molecule is CCCC(CNCC)N1CC2CCC(C1)O2. The van der Waals surface area contributed by atoms with Gasteiger partial charge in [0.25, 0.3) is 0 Å². The molecule has 0 saturated carbocycles. The van der Waals surface area contributed by atoms with E-state index in [1.54, 1.807) is 0 Å². The highest BCUT2D eigenvalue weighted by Crippen LogP contribution is 2.27. The Labute approximate surface area is 99.5 Å². The van der Waals surface area contributed by atoms with E-state index in [9.17, 15) is 0 Å². The van der Waals surface area contributed by atoms with Crippen molar-refractivity contribution in [1.82, 2.24) is 10.2 Å². The van der Waals surface area contributed by atoms with Crippen molar-refractivity contribution in [2.75, 3.05) is 26.2 Å². The number of morpholine rings is 1. The van der Waals surface area contributed by atoms with E-state index < -0.39 is 0 Å². The molecule has 2 rings (SSSR count). The van der Waals surface area contributed by atoms with Crippen LogP contribution in [-0.4, -0.2) is 49.3 Å². The molecule has 3 unspecified atom stereocenters. The first-order valence-corrected chi connectivity index (χ1v) is 6.93. The van der Waals surface area contributed by atoms with Gasteiger partial charge in [0.1, 0.15) is 0 Å². The second-order valence-corrected chi connectivity index (χ2v) is 5.16. The van der Waals surface area contributed by atoms with Gasteiger partial charge in [-0.3, -0.25) is 4.90 Å². The zero-order valence-corrected chi connectivity index (χ0v) is 10.7. The molecule has 0 radical (unpaired) electrons. The molecule has 2 aliphatic heterocycles. The van der Waals surface area contributed by atoms with Crippen LogP contribution in [0, 0.1) is 0 Å². The predicted molar refractivity (Wildman–Crippen MR) is 66.7 cm³/mol. The van der Waals surface area contributed by atoms with Gasteiger partial charge in [0.15, 0.2) is 0 Å². The second-order valence-electron chi connectivity index (χ2n) is 5.16. The number of rotatable bonds is 6. The molecule has 2 heterocycles. The lowest BCUT2D eigenvalue weighted by molar-refractivity contribution is -0.0535. The molecule has 0 aromatic rings. The largest absolute Gasteiger partial charge is 0.372 e. The molecule has 0 aromatic carbocycles. The number of ether oxygens (including phenoxy) is 1. The zero-order chi connectivity index (χ0) is 11.4. The third kappa shape index (κ3) is 2.96. The fourth-order valence-electron chi connectivity index (χ4n) is 3.00. The molecule has 0 aliphatic carbocycles. The Morgan fingerprint density at radius 3 is 2.50 bits per heavy atom. The molecule has 3 nitrogen and oxygen atoms in total. The fraction of sp³-hybridized carbons (Fsp3) is 1.00. The highest BCUT2D eigenvalue weighted by atomic mass is 16.5. The Bertz CT molecular complexity index is 198. The molecule has 2 bridgehead atoms. The van der Waals surface area contributed by atoms with Crippen molar-refractivity contribution in [3.05, 3.63) is 0 Å². The first kappa shape index (κ1) is 12.3. The van der Waals surface area contributed by atoms with Gasteiger partial charge in [-0.1, -0.05) is 20.3 Å². The average molecular weight is 226 g/mol. The van der Waals surface area contributed by atoms with Crippen LogP contribution in [0.1, 0.15) is 39.5 Å². The second kappa shape index (κ2) is 5.99. The standard InChI is InChI=1S/C13H26N2O/c1-3-5-11(8-14-4-2)15-9-12-6-7-13(10-15)16-12/h11-14H,3-10H2,1-2H3. The summed E-state index contributed by atoms with van der Waals surface area (Å²) in [7, 11) is 0. The van der Waals surface area contributed by atoms with E-state index in [0.29, 0.717) is 12.2 Å². The molecule has 0 amide bonds. The monoisotopic (exact) mass is 226 g/mol. The molecular weight excluding hydrogens is 200 g/mol. The van der Waals surface area contributed by atoms with Gasteiger partial charge in [0.05, 0.1) is 12.2 Å². The van der Waals surface area contributed by atoms with Crippen molar-refractivity contribution in [2.24, 2.45) is 0 Å². The average Bonchev–Trinajstić information content (AvgIpc) is 2.63. The molecule has 2 fully saturated rings. The lowest BCUT2D eigenvalue weighted by Crippen LogP contribution is -2.51. The minimum atomic E-state index is 0.528. The van der Waals surface area contributed by atoms with E-state index in [-0.39, 0.29) is 0 Å². The predicted octanol–water partition coefficient (Wildman–Crippen LogP) is 1.63. The minimum absolute atomic E-state index is 0.528. The summed E-state index contributed by atoms with van der Waals surface area (Å²) in [5.74, 6) is 0. The van der Waals surface area contributed by atoms with Crippen LogP contribution in [0.5, 0.6) is 0 Å². The van der Waals surface area contributed by atoms with E-state index in [4.69, 9.17) is 4.74 Å². The van der Waals surface area contributed by atoms with E-state index in [0.717, 1.165) is 32.2 Å². The van der Waals surface area contributed by atoms with Gasteiger partial charge in [-0.25, -0.2) is 0 Å². The van der Waals surface area contributed by atoms with Crippen LogP contribution in [0.3, 0.4) is 0 Å². The maximum absolute atomic E-state index is 5.90. The number of nitrogens with one attached hydrogen (secondary N) is 1. The van der Waals surface area contributed by atoms with Crippen LogP contribution in [0.15, 0.2) is 0 Å². The molecule has 0 spiro atoms. The van der Waals surface area contributed by atoms with Crippen molar-refractivity contribution >= 4 is 0 Å². The topological polar surface area (TPSA) is 24.5 Å². The number of likely N-dealkylation sites (N-methyl/N-ethyl adjacent to an activating group) is 1. The highest BCUT2D eigenvalue weighted by Gasteiger charge is 2.35. The van der Waals surface area contributed by atoms with Crippen molar-refractivity contribution in [3.8, 4) is 0 Å². The van der Waals surface area contributed by atoms with Gasteiger partial charge < -0.3 is 10.1 Å². The summed E-state index contributed by atoms with van der Waals surface area (Å²) in [5, 5.41) is 3.50. The molecule has 3 heteroatoms. The maximum Gasteiger partial charge on any atom is 0.0707 e. The number of likely N-dealkylation sites (tertiary alicyclic amines) is 1. The normalized spacial score (nSPS) is 31.9. The fourth-order valence-corrected chi connectivity index (χ4v) is 3.00. The minimum Gasteiger partial charge on any atom is -0.372 e. The zero-order valence-electron chi connectivity index (χ0n) is 10.7. The number of nitrogens with zero attached hydrogens (tertiary/aromatic N) is 1. The molecule has 3 atom stereocenters. The molecule has 1 N–H and O–H groups in total. The first-order chi connectivity index (χ1) is 7.83. The van der Waals surface area contributed by atoms with Crippen molar-refractivity contribution in [3.63, 3.8) is 0 Å². The van der Waals surface area contributed by atoms with Crippen LogP contribution >= 0.6 is 0 Å². The first-order valence-electron chi connectivity index (χ1n) is 6.93. The van der Waals surface area contributed by atoms with Gasteiger partial charge in [0, 0.05) is 25.7 Å². The Balaban J connectivity index is 1.86. The molecule has 94 valence electrons. The van der Waals surface area contributed by atoms with Crippen LogP contribution in [-0.2, 0) is 4.74 Å². The van der Waals surface area contributed by atoms with Crippen molar-refractivity contribution in [2.45, 2.75) is 57.8 Å². The van der Waals surface area contributed by atoms with Gasteiger partial charge in [-0.15, -0.1) is 0 Å². The summed E-state index contributed by atoms with van der Waals surface area (Å²) >= 11 is 0. The Morgan fingerprint density at radius 2 is 1.94 bits per heavy atom. The summed E-state index contributed by atoms with van der Waals surface area (Å²) in [5.41, 5.74) is 0. The van der Waals surface area contributed by atoms with Crippen LogP contribution in [0.25, 0.3) is 0 Å². The van der Waals surface area contributed by atoms with Crippen LogP contribution in [0.4, 0.5) is 0 Å². The summed E-state index contributed by atoms with van der Waals surface area (Å²) in [6.45, 7) is 9.01. The molecule has 16 heavy (non-hydrogen) atoms. The Morgan fingerprint density at radius 1 is 1.25 bits per heavy atom. The maximum atomic E-state index is 5.90. The van der Waals surface area contributed by atoms with E-state index in [2.05, 4.69) is 24.1 Å². The Kier molecular flexibility index (Phi) is 4.62. The smallest absolute Gasteiger partial charge is 0.0707 e. The lowest BCUT2D eigenvalue weighted by Gasteiger charge is -2.38. The number of hydrogen-bond acceptors (Lipinski definition) is 3. The van der Waals surface area contributed by atoms with Crippen molar-refractivity contribution < 1.29 is 4.74 Å². The third-order valence-corrected chi connectivity index (χ3v) is 3.84. The van der Waals surface area contributed by atoms with Gasteiger partial charge >= 0.3 is 0 Å². The molecule has 0 aromatic heterocycles. The van der Waals surface area contributed by atoms with E-state index in [1.807, 2.05) is 0 Å². The summed E-state index contributed by atoms with van der Waals surface area (Å²) in [6, 6.07) is 0.719. The summed E-state index contributed by atoms with van der Waals surface area (Å²) < 4.78 is 5.90. The van der Waals surface area contributed by atoms with E-state index in [1.165, 1.54) is 25.7 Å². The molecule has 2 saturated heterocycles. The Hall–Kier alpha value is -0.120. The van der Waals surface area contributed by atoms with E-state index >= 15 is 0 Å². The third-order valence-electron chi connectivity index (χ3n) is 3.84. The van der Waals surface area contributed by atoms with Gasteiger partial charge in [-0.2, -0.15) is 0 Å². The molecular formula is C13H26N2O. The van der Waals surface area contributed by atoms with Crippen LogP contribution in [0.2, 0.25) is 0 Å².